The van der Waals surface area contributed by atoms with Gasteiger partial charge in [0.1, 0.15) is 24.4 Å². The molecule has 0 aromatic rings. The highest BCUT2D eigenvalue weighted by Crippen LogP contribution is 2.26. The summed E-state index contributed by atoms with van der Waals surface area (Å²) in [5.41, 5.74) is 0. The van der Waals surface area contributed by atoms with Crippen LogP contribution in [0.3, 0.4) is 0 Å². The van der Waals surface area contributed by atoms with E-state index in [1.54, 1.807) is 6.08 Å². The molecule has 6 N–H and O–H groups in total. The van der Waals surface area contributed by atoms with Gasteiger partial charge in [0.25, 0.3) is 0 Å². The van der Waals surface area contributed by atoms with Crippen LogP contribution in [-0.2, 0) is 23.8 Å². The molecule has 0 aliphatic carbocycles. The third-order valence-corrected chi connectivity index (χ3v) is 16.0. The van der Waals surface area contributed by atoms with Crippen LogP contribution in [-0.4, -0.2) is 99.6 Å². The maximum absolute atomic E-state index is 13.4. The third-order valence-electron chi connectivity index (χ3n) is 16.0. The highest BCUT2D eigenvalue weighted by atomic mass is 16.7. The van der Waals surface area contributed by atoms with Crippen molar-refractivity contribution >= 4 is 11.9 Å². The fourth-order valence-corrected chi connectivity index (χ4v) is 10.6. The second-order valence-electron chi connectivity index (χ2n) is 23.5. The molecule has 1 fully saturated rings. The number of amides is 1. The topological polar surface area (TPSA) is 175 Å². The van der Waals surface area contributed by atoms with Crippen LogP contribution in [0, 0.1) is 0 Å². The summed E-state index contributed by atoms with van der Waals surface area (Å²) in [7, 11) is 0. The Labute approximate surface area is 491 Å². The summed E-state index contributed by atoms with van der Waals surface area (Å²) in [6.07, 6.45) is 60.3. The van der Waals surface area contributed by atoms with Crippen molar-refractivity contribution in [3.05, 3.63) is 48.6 Å². The Morgan fingerprint density at radius 1 is 0.500 bits per heavy atom. The summed E-state index contributed by atoms with van der Waals surface area (Å²) >= 11 is 0. The minimum Gasteiger partial charge on any atom is -0.454 e. The molecule has 0 bridgehead atoms. The van der Waals surface area contributed by atoms with Gasteiger partial charge in [-0.3, -0.25) is 9.59 Å². The van der Waals surface area contributed by atoms with Crippen molar-refractivity contribution in [2.24, 2.45) is 0 Å². The molecular weight excluding hydrogens is 1000 g/mol. The largest absolute Gasteiger partial charge is 0.454 e. The molecule has 0 radical (unpaired) electrons. The molecule has 80 heavy (non-hydrogen) atoms. The summed E-state index contributed by atoms with van der Waals surface area (Å²) in [6.45, 7) is 5.69. The van der Waals surface area contributed by atoms with E-state index in [0.717, 1.165) is 89.9 Å². The van der Waals surface area contributed by atoms with E-state index >= 15 is 0 Å². The Hall–Kier alpha value is -2.38. The molecule has 0 aromatic carbocycles. The molecule has 1 aliphatic heterocycles. The van der Waals surface area contributed by atoms with Crippen LogP contribution in [0.2, 0.25) is 0 Å². The van der Waals surface area contributed by atoms with Crippen molar-refractivity contribution in [3.63, 3.8) is 0 Å². The summed E-state index contributed by atoms with van der Waals surface area (Å²) in [4.78, 5) is 26.6. The second-order valence-corrected chi connectivity index (χ2v) is 23.5. The number of carbonyl (C=O) groups is 2. The lowest BCUT2D eigenvalue weighted by Crippen LogP contribution is -2.61. The van der Waals surface area contributed by atoms with Gasteiger partial charge < -0.3 is 45.1 Å². The smallest absolute Gasteiger partial charge is 0.306 e. The number of aliphatic hydroxyl groups is 5. The quantitative estimate of drug-likeness (QED) is 0.0195. The Morgan fingerprint density at radius 2 is 0.900 bits per heavy atom. The standard InChI is InChI=1S/C69H127NO10/c1-4-7-10-13-16-19-22-24-25-26-27-28-29-30-31-32-33-34-35-36-37-39-42-45-48-51-54-57-64(74)80-67-66(76)65(75)63(58-71)79-69(67)78-59-60(61(72)55-52-49-46-43-40-21-18-15-12-9-6-3)70-68(77)62(73)56-53-50-47-44-41-38-23-20-17-14-11-8-5-2/h8,11,17,20,24-25,52,55,60-63,65-67,69,71-73,75-76H,4-7,9-10,12-16,18-19,21-23,26-51,53-54,56-59H2,1-3H3,(H,70,77)/b11-8+,20-17+,25-24+,55-52+. The van der Waals surface area contributed by atoms with Gasteiger partial charge in [-0.15, -0.1) is 0 Å². The zero-order valence-corrected chi connectivity index (χ0v) is 52.0. The lowest BCUT2D eigenvalue weighted by molar-refractivity contribution is -0.305. The van der Waals surface area contributed by atoms with E-state index < -0.39 is 67.4 Å². The molecule has 0 spiro atoms. The number of rotatable bonds is 58. The van der Waals surface area contributed by atoms with E-state index in [1.807, 2.05) is 6.08 Å². The summed E-state index contributed by atoms with van der Waals surface area (Å²) < 4.78 is 17.6. The van der Waals surface area contributed by atoms with Gasteiger partial charge in [-0.2, -0.15) is 0 Å². The number of esters is 1. The maximum atomic E-state index is 13.4. The molecule has 0 saturated carbocycles. The van der Waals surface area contributed by atoms with E-state index in [0.29, 0.717) is 12.8 Å². The van der Waals surface area contributed by atoms with E-state index in [4.69, 9.17) is 14.2 Å². The van der Waals surface area contributed by atoms with Gasteiger partial charge in [0.2, 0.25) is 5.91 Å². The zero-order chi connectivity index (χ0) is 58.2. The van der Waals surface area contributed by atoms with Crippen molar-refractivity contribution in [3.8, 4) is 0 Å². The van der Waals surface area contributed by atoms with Gasteiger partial charge in [-0.25, -0.2) is 0 Å². The molecule has 11 nitrogen and oxygen atoms in total. The van der Waals surface area contributed by atoms with Gasteiger partial charge in [-0.1, -0.05) is 281 Å². The van der Waals surface area contributed by atoms with Crippen molar-refractivity contribution < 1.29 is 49.3 Å². The zero-order valence-electron chi connectivity index (χ0n) is 52.0. The molecule has 0 aromatic heterocycles. The first kappa shape index (κ1) is 75.6. The van der Waals surface area contributed by atoms with Crippen molar-refractivity contribution in [1.29, 1.82) is 0 Å². The van der Waals surface area contributed by atoms with Crippen molar-refractivity contribution in [1.82, 2.24) is 5.32 Å². The van der Waals surface area contributed by atoms with Gasteiger partial charge in [0.15, 0.2) is 12.4 Å². The average Bonchev–Trinajstić information content (AvgIpc) is 3.46. The number of aliphatic hydroxyl groups excluding tert-OH is 5. The Balaban J connectivity index is 2.51. The molecule has 8 unspecified atom stereocenters. The lowest BCUT2D eigenvalue weighted by Gasteiger charge is -2.41. The first-order valence-corrected chi connectivity index (χ1v) is 33.9. The molecule has 1 amide bonds. The van der Waals surface area contributed by atoms with Gasteiger partial charge in [0, 0.05) is 6.42 Å². The van der Waals surface area contributed by atoms with Crippen molar-refractivity contribution in [2.75, 3.05) is 13.2 Å². The van der Waals surface area contributed by atoms with Gasteiger partial charge in [-0.05, 0) is 77.0 Å². The van der Waals surface area contributed by atoms with Crippen LogP contribution in [0.1, 0.15) is 316 Å². The predicted octanol–water partition coefficient (Wildman–Crippen LogP) is 16.8. The summed E-state index contributed by atoms with van der Waals surface area (Å²) in [6, 6.07) is -1.03. The molecule has 1 rings (SSSR count). The molecule has 8 atom stereocenters. The number of allylic oxidation sites excluding steroid dienone is 7. The monoisotopic (exact) mass is 1130 g/mol. The number of unbranched alkanes of at least 4 members (excludes halogenated alkanes) is 38. The number of hydrogen-bond acceptors (Lipinski definition) is 10. The van der Waals surface area contributed by atoms with Gasteiger partial charge >= 0.3 is 5.97 Å². The number of ether oxygens (including phenoxy) is 3. The third kappa shape index (κ3) is 44.2. The number of hydrogen-bond donors (Lipinski definition) is 6. The fourth-order valence-electron chi connectivity index (χ4n) is 10.6. The van der Waals surface area contributed by atoms with Gasteiger partial charge in [0.05, 0.1) is 25.4 Å². The van der Waals surface area contributed by atoms with Crippen LogP contribution in [0.5, 0.6) is 0 Å². The van der Waals surface area contributed by atoms with Crippen LogP contribution in [0.4, 0.5) is 0 Å². The highest BCUT2D eigenvalue weighted by Gasteiger charge is 2.47. The van der Waals surface area contributed by atoms with Crippen LogP contribution < -0.4 is 5.32 Å². The Morgan fingerprint density at radius 3 is 1.35 bits per heavy atom. The van der Waals surface area contributed by atoms with Crippen LogP contribution >= 0.6 is 0 Å². The molecular formula is C69H127NO10. The Kier molecular flexibility index (Phi) is 54.0. The predicted molar refractivity (Wildman–Crippen MR) is 334 cm³/mol. The van der Waals surface area contributed by atoms with E-state index in [1.165, 1.54) is 180 Å². The van der Waals surface area contributed by atoms with E-state index in [-0.39, 0.29) is 19.4 Å². The first-order valence-electron chi connectivity index (χ1n) is 33.9. The number of carbonyl (C=O) groups excluding carboxylic acids is 2. The normalized spacial score (nSPS) is 19.0. The molecule has 1 heterocycles. The van der Waals surface area contributed by atoms with Crippen LogP contribution in [0.25, 0.3) is 0 Å². The molecule has 468 valence electrons. The molecule has 1 aliphatic rings. The molecule has 1 saturated heterocycles. The highest BCUT2D eigenvalue weighted by molar-refractivity contribution is 5.80. The average molecular weight is 1130 g/mol. The van der Waals surface area contributed by atoms with E-state index in [2.05, 4.69) is 62.5 Å². The second kappa shape index (κ2) is 57.1. The SMILES string of the molecule is CC/C=C/C/C=C/CCCCCCCCC(O)C(=O)NC(COC1OC(CO)C(O)C(O)C1OC(=O)CCCCCCCCCCCCCCCCCCC/C=C/CCCCCCCC)C(O)/C=C/CCCCCCCCCCC. The first-order chi connectivity index (χ1) is 39.2. The Bertz CT molecular complexity index is 1490. The summed E-state index contributed by atoms with van der Waals surface area (Å²) in [5, 5.41) is 57.0. The van der Waals surface area contributed by atoms with Crippen LogP contribution in [0.15, 0.2) is 48.6 Å². The molecule has 11 heteroatoms. The lowest BCUT2D eigenvalue weighted by atomic mass is 9.99. The van der Waals surface area contributed by atoms with Crippen molar-refractivity contribution in [2.45, 2.75) is 365 Å². The van der Waals surface area contributed by atoms with E-state index in [9.17, 15) is 35.1 Å². The minimum absolute atomic E-state index is 0.126. The number of nitrogens with one attached hydrogen (secondary N) is 1. The summed E-state index contributed by atoms with van der Waals surface area (Å²) in [5.74, 6) is -1.19. The maximum Gasteiger partial charge on any atom is 0.306 e. The minimum atomic E-state index is -1.61. The fraction of sp³-hybridized carbons (Fsp3) is 0.855.